The quantitative estimate of drug-likeness (QED) is 0.776. The Labute approximate surface area is 130 Å². The Morgan fingerprint density at radius 1 is 1.00 bits per heavy atom. The molecule has 0 fully saturated rings. The molecular weight excluding hydrogens is 272 g/mol. The van der Waals surface area contributed by atoms with E-state index >= 15 is 0 Å². The minimum absolute atomic E-state index is 0.740. The van der Waals surface area contributed by atoms with E-state index in [0.29, 0.717) is 0 Å². The van der Waals surface area contributed by atoms with E-state index in [1.165, 1.54) is 16.7 Å². The Balaban J connectivity index is 1.81. The van der Waals surface area contributed by atoms with E-state index in [1.807, 2.05) is 6.07 Å². The van der Waals surface area contributed by atoms with Crippen LogP contribution in [0.15, 0.2) is 52.9 Å². The van der Waals surface area contributed by atoms with E-state index in [1.54, 1.807) is 0 Å². The van der Waals surface area contributed by atoms with Crippen molar-refractivity contribution in [1.82, 2.24) is 10.3 Å². The fraction of sp³-hybridized carbons (Fsp3) is 0.211. The molecule has 0 bridgehead atoms. The van der Waals surface area contributed by atoms with Gasteiger partial charge in [-0.2, -0.15) is 0 Å². The summed E-state index contributed by atoms with van der Waals surface area (Å²) in [7, 11) is 0. The molecule has 22 heavy (non-hydrogen) atoms. The summed E-state index contributed by atoms with van der Waals surface area (Å²) in [6, 6.07) is 16.8. The van der Waals surface area contributed by atoms with Crippen molar-refractivity contribution in [2.45, 2.75) is 19.9 Å². The maximum atomic E-state index is 5.99. The Bertz CT molecular complexity index is 782. The Morgan fingerprint density at radius 2 is 1.82 bits per heavy atom. The zero-order valence-electron chi connectivity index (χ0n) is 12.6. The molecule has 4 rings (SSSR count). The minimum Gasteiger partial charge on any atom is -0.440 e. The van der Waals surface area contributed by atoms with Crippen molar-refractivity contribution in [3.63, 3.8) is 0 Å². The summed E-state index contributed by atoms with van der Waals surface area (Å²) in [5.41, 5.74) is 5.83. The van der Waals surface area contributed by atoms with Crippen molar-refractivity contribution in [2.75, 3.05) is 6.54 Å². The lowest BCUT2D eigenvalue weighted by molar-refractivity contribution is 0.471. The van der Waals surface area contributed by atoms with Gasteiger partial charge in [-0.3, -0.25) is 0 Å². The highest BCUT2D eigenvalue weighted by Crippen LogP contribution is 2.32. The second-order valence-corrected chi connectivity index (χ2v) is 5.66. The number of nitrogens with zero attached hydrogens (tertiary/aromatic N) is 1. The van der Waals surface area contributed by atoms with Gasteiger partial charge in [0.05, 0.1) is 12.2 Å². The number of hydrogen-bond donors (Lipinski definition) is 1. The molecule has 1 aliphatic heterocycles. The SMILES string of the molecule is Cc1c(-c2ccccc2)cccc1-c1nc2c(o1)CNCC2. The molecule has 1 N–H and O–H groups in total. The summed E-state index contributed by atoms with van der Waals surface area (Å²) in [5.74, 6) is 1.72. The fourth-order valence-electron chi connectivity index (χ4n) is 3.04. The average molecular weight is 290 g/mol. The zero-order valence-corrected chi connectivity index (χ0v) is 12.6. The third-order valence-electron chi connectivity index (χ3n) is 4.25. The summed E-state index contributed by atoms with van der Waals surface area (Å²) in [4.78, 5) is 4.71. The lowest BCUT2D eigenvalue weighted by Crippen LogP contribution is -2.22. The predicted molar refractivity (Wildman–Crippen MR) is 87.5 cm³/mol. The van der Waals surface area contributed by atoms with Crippen LogP contribution in [0.3, 0.4) is 0 Å². The number of rotatable bonds is 2. The molecule has 2 aromatic carbocycles. The predicted octanol–water partition coefficient (Wildman–Crippen LogP) is 3.96. The molecule has 110 valence electrons. The van der Waals surface area contributed by atoms with E-state index < -0.39 is 0 Å². The van der Waals surface area contributed by atoms with Crippen LogP contribution < -0.4 is 5.32 Å². The summed E-state index contributed by atoms with van der Waals surface area (Å²) in [6.45, 7) is 3.89. The Hall–Kier alpha value is -2.39. The topological polar surface area (TPSA) is 38.1 Å². The van der Waals surface area contributed by atoms with Crippen LogP contribution in [0.1, 0.15) is 17.0 Å². The molecule has 0 saturated heterocycles. The second kappa shape index (κ2) is 5.43. The monoisotopic (exact) mass is 290 g/mol. The third kappa shape index (κ3) is 2.24. The van der Waals surface area contributed by atoms with Crippen molar-refractivity contribution >= 4 is 0 Å². The third-order valence-corrected chi connectivity index (χ3v) is 4.25. The molecular formula is C19H18N2O. The largest absolute Gasteiger partial charge is 0.440 e. The summed E-state index contributed by atoms with van der Waals surface area (Å²) in [5, 5.41) is 3.32. The number of fused-ring (bicyclic) bond motifs is 1. The first-order valence-corrected chi connectivity index (χ1v) is 7.67. The molecule has 3 nitrogen and oxygen atoms in total. The fourth-order valence-corrected chi connectivity index (χ4v) is 3.04. The van der Waals surface area contributed by atoms with Crippen molar-refractivity contribution < 1.29 is 4.42 Å². The van der Waals surface area contributed by atoms with Gasteiger partial charge in [0.1, 0.15) is 5.76 Å². The maximum Gasteiger partial charge on any atom is 0.226 e. The number of oxazole rings is 1. The standard InChI is InChI=1S/C19H18N2O/c1-13-15(14-6-3-2-4-7-14)8-5-9-16(13)19-21-17-10-11-20-12-18(17)22-19/h2-9,20H,10-12H2,1H3. The van der Waals surface area contributed by atoms with Crippen molar-refractivity contribution in [3.05, 3.63) is 65.5 Å². The maximum absolute atomic E-state index is 5.99. The molecule has 0 aliphatic carbocycles. The highest BCUT2D eigenvalue weighted by molar-refractivity contribution is 5.75. The lowest BCUT2D eigenvalue weighted by atomic mass is 9.96. The van der Waals surface area contributed by atoms with Gasteiger partial charge in [-0.15, -0.1) is 0 Å². The Kier molecular flexibility index (Phi) is 3.28. The normalized spacial score (nSPS) is 13.9. The van der Waals surface area contributed by atoms with Gasteiger partial charge in [0.25, 0.3) is 0 Å². The van der Waals surface area contributed by atoms with Crippen LogP contribution >= 0.6 is 0 Å². The van der Waals surface area contributed by atoms with Crippen LogP contribution in [0.4, 0.5) is 0 Å². The van der Waals surface area contributed by atoms with Crippen molar-refractivity contribution in [1.29, 1.82) is 0 Å². The molecule has 0 amide bonds. The van der Waals surface area contributed by atoms with E-state index in [9.17, 15) is 0 Å². The van der Waals surface area contributed by atoms with E-state index in [0.717, 1.165) is 42.4 Å². The molecule has 1 aliphatic rings. The van der Waals surface area contributed by atoms with Gasteiger partial charge in [-0.25, -0.2) is 4.98 Å². The smallest absolute Gasteiger partial charge is 0.226 e. The van der Waals surface area contributed by atoms with Crippen LogP contribution in [0, 0.1) is 6.92 Å². The summed E-state index contributed by atoms with van der Waals surface area (Å²) in [6.07, 6.45) is 0.941. The van der Waals surface area contributed by atoms with Gasteiger partial charge < -0.3 is 9.73 Å². The van der Waals surface area contributed by atoms with Crippen molar-refractivity contribution in [3.8, 4) is 22.6 Å². The van der Waals surface area contributed by atoms with Gasteiger partial charge >= 0.3 is 0 Å². The molecule has 0 spiro atoms. The number of aromatic nitrogens is 1. The van der Waals surface area contributed by atoms with Crippen LogP contribution in [0.2, 0.25) is 0 Å². The number of benzene rings is 2. The first-order valence-electron chi connectivity index (χ1n) is 7.67. The average Bonchev–Trinajstić information content (AvgIpc) is 2.99. The minimum atomic E-state index is 0.740. The zero-order chi connectivity index (χ0) is 14.9. The first-order chi connectivity index (χ1) is 10.8. The summed E-state index contributed by atoms with van der Waals surface area (Å²) < 4.78 is 5.99. The van der Waals surface area contributed by atoms with Gasteiger partial charge in [0.2, 0.25) is 5.89 Å². The number of hydrogen-bond acceptors (Lipinski definition) is 3. The molecule has 0 atom stereocenters. The van der Waals surface area contributed by atoms with Crippen molar-refractivity contribution in [2.24, 2.45) is 0 Å². The molecule has 3 heteroatoms. The van der Waals surface area contributed by atoms with E-state index in [4.69, 9.17) is 9.40 Å². The molecule has 0 unspecified atom stereocenters. The van der Waals surface area contributed by atoms with Gasteiger partial charge in [0.15, 0.2) is 0 Å². The van der Waals surface area contributed by atoms with E-state index in [-0.39, 0.29) is 0 Å². The van der Waals surface area contributed by atoms with Crippen LogP contribution in [0.5, 0.6) is 0 Å². The highest BCUT2D eigenvalue weighted by atomic mass is 16.4. The van der Waals surface area contributed by atoms with Crippen LogP contribution in [-0.2, 0) is 13.0 Å². The molecule has 1 aromatic heterocycles. The van der Waals surface area contributed by atoms with Gasteiger partial charge in [0, 0.05) is 18.5 Å². The highest BCUT2D eigenvalue weighted by Gasteiger charge is 2.19. The summed E-state index contributed by atoms with van der Waals surface area (Å²) >= 11 is 0. The first kappa shape index (κ1) is 13.3. The molecule has 0 radical (unpaired) electrons. The number of nitrogens with one attached hydrogen (secondary N) is 1. The molecule has 3 aromatic rings. The molecule has 0 saturated carbocycles. The van der Waals surface area contributed by atoms with Crippen LogP contribution in [0.25, 0.3) is 22.6 Å². The second-order valence-electron chi connectivity index (χ2n) is 5.66. The van der Waals surface area contributed by atoms with Crippen LogP contribution in [-0.4, -0.2) is 11.5 Å². The van der Waals surface area contributed by atoms with Gasteiger partial charge in [-0.1, -0.05) is 42.5 Å². The van der Waals surface area contributed by atoms with E-state index in [2.05, 4.69) is 54.7 Å². The molecule has 2 heterocycles. The Morgan fingerprint density at radius 3 is 2.64 bits per heavy atom. The van der Waals surface area contributed by atoms with Gasteiger partial charge in [-0.05, 0) is 29.7 Å². The lowest BCUT2D eigenvalue weighted by Gasteiger charge is -2.09.